The van der Waals surface area contributed by atoms with Gasteiger partial charge in [-0.15, -0.1) is 0 Å². The second-order valence-corrected chi connectivity index (χ2v) is 7.52. The minimum Gasteiger partial charge on any atom is -0.385 e. The van der Waals surface area contributed by atoms with E-state index in [4.69, 9.17) is 4.84 Å². The highest BCUT2D eigenvalue weighted by molar-refractivity contribution is 6.13. The predicted octanol–water partition coefficient (Wildman–Crippen LogP) is 3.97. The van der Waals surface area contributed by atoms with Crippen molar-refractivity contribution in [2.75, 3.05) is 13.7 Å². The quantitative estimate of drug-likeness (QED) is 0.277. The Morgan fingerprint density at radius 2 is 1.87 bits per heavy atom. The number of benzene rings is 2. The summed E-state index contributed by atoms with van der Waals surface area (Å²) in [6.07, 6.45) is 5.89. The van der Waals surface area contributed by atoms with Crippen molar-refractivity contribution < 1.29 is 19.3 Å². The number of aldehydes is 1. The number of likely N-dealkylation sites (N-methyl/N-ethyl adjacent to an activating group) is 1. The molecule has 1 saturated carbocycles. The van der Waals surface area contributed by atoms with Gasteiger partial charge in [-0.25, -0.2) is 0 Å². The van der Waals surface area contributed by atoms with E-state index in [1.807, 2.05) is 18.2 Å². The number of carbonyl (C=O) groups is 2. The number of hydrogen-bond acceptors (Lipinski definition) is 6. The van der Waals surface area contributed by atoms with Crippen LogP contribution in [0.3, 0.4) is 0 Å². The van der Waals surface area contributed by atoms with Crippen molar-refractivity contribution in [3.63, 3.8) is 0 Å². The topological polar surface area (TPSA) is 102 Å². The van der Waals surface area contributed by atoms with Crippen molar-refractivity contribution in [1.29, 1.82) is 0 Å². The largest absolute Gasteiger partial charge is 0.385 e. The van der Waals surface area contributed by atoms with E-state index in [0.717, 1.165) is 25.7 Å². The average molecular weight is 423 g/mol. The van der Waals surface area contributed by atoms with E-state index in [2.05, 4.69) is 5.16 Å². The molecule has 0 aromatic heterocycles. The number of amides is 1. The fourth-order valence-corrected chi connectivity index (χ4v) is 3.76. The van der Waals surface area contributed by atoms with Gasteiger partial charge in [-0.05, 0) is 25.0 Å². The monoisotopic (exact) mass is 423 g/mol. The first kappa shape index (κ1) is 22.1. The minimum atomic E-state index is -0.608. The second-order valence-electron chi connectivity index (χ2n) is 7.52. The zero-order valence-corrected chi connectivity index (χ0v) is 17.4. The smallest absolute Gasteiger partial charge is 0.279 e. The molecule has 0 heterocycles. The summed E-state index contributed by atoms with van der Waals surface area (Å²) < 4.78 is 0. The molecular weight excluding hydrogens is 398 g/mol. The summed E-state index contributed by atoms with van der Waals surface area (Å²) in [7, 11) is 1.79. The fourth-order valence-electron chi connectivity index (χ4n) is 3.76. The number of oxime groups is 1. The van der Waals surface area contributed by atoms with Gasteiger partial charge in [0.1, 0.15) is 5.71 Å². The summed E-state index contributed by atoms with van der Waals surface area (Å²) in [5, 5.41) is 15.3. The van der Waals surface area contributed by atoms with E-state index < -0.39 is 4.92 Å². The Morgan fingerprint density at radius 1 is 1.16 bits per heavy atom. The van der Waals surface area contributed by atoms with E-state index in [1.165, 1.54) is 24.6 Å². The van der Waals surface area contributed by atoms with Crippen LogP contribution in [0.4, 0.5) is 5.69 Å². The molecule has 31 heavy (non-hydrogen) atoms. The van der Waals surface area contributed by atoms with Crippen LogP contribution in [-0.4, -0.2) is 47.4 Å². The lowest BCUT2D eigenvalue weighted by atomic mass is 9.94. The highest BCUT2D eigenvalue weighted by atomic mass is 16.6. The van der Waals surface area contributed by atoms with Crippen LogP contribution in [0.25, 0.3) is 0 Å². The molecule has 0 spiro atoms. The maximum Gasteiger partial charge on any atom is 0.279 e. The van der Waals surface area contributed by atoms with Gasteiger partial charge in [0, 0.05) is 30.3 Å². The first-order valence-corrected chi connectivity index (χ1v) is 10.3. The summed E-state index contributed by atoms with van der Waals surface area (Å²) in [4.78, 5) is 41.5. The third-order valence-corrected chi connectivity index (χ3v) is 5.53. The molecular formula is C23H25N3O5. The third-order valence-electron chi connectivity index (χ3n) is 5.53. The van der Waals surface area contributed by atoms with E-state index in [0.29, 0.717) is 23.1 Å². The third kappa shape index (κ3) is 5.53. The van der Waals surface area contributed by atoms with Crippen molar-refractivity contribution in [3.05, 3.63) is 75.3 Å². The molecule has 1 fully saturated rings. The van der Waals surface area contributed by atoms with Crippen LogP contribution in [-0.2, 0) is 9.63 Å². The fraction of sp³-hybridized carbons (Fsp3) is 0.348. The minimum absolute atomic E-state index is 0.0563. The molecule has 0 aliphatic heterocycles. The molecule has 2 aromatic rings. The van der Waals surface area contributed by atoms with Crippen molar-refractivity contribution in [1.82, 2.24) is 4.90 Å². The standard InChI is InChI=1S/C23H25N3O5/c1-25(20-10-6-3-7-11-20)22(28)16-31-24-23(17-8-4-2-5-9-17)18-12-13-21(26(29)30)19(14-18)15-27/h2,4-5,8-9,12-15,20H,3,6-7,10-11,16H2,1H3. The summed E-state index contributed by atoms with van der Waals surface area (Å²) in [6, 6.07) is 13.5. The molecule has 1 amide bonds. The SMILES string of the molecule is CN(C(=O)CON=C(c1ccccc1)c1ccc([N+](=O)[O-])c(C=O)c1)C1CCCCC1. The van der Waals surface area contributed by atoms with Crippen LogP contribution >= 0.6 is 0 Å². The Morgan fingerprint density at radius 3 is 2.52 bits per heavy atom. The summed E-state index contributed by atoms with van der Waals surface area (Å²) >= 11 is 0. The molecule has 0 unspecified atom stereocenters. The number of carbonyl (C=O) groups excluding carboxylic acids is 2. The van der Waals surface area contributed by atoms with Gasteiger partial charge in [-0.2, -0.15) is 0 Å². The highest BCUT2D eigenvalue weighted by Crippen LogP contribution is 2.22. The predicted molar refractivity (Wildman–Crippen MR) is 116 cm³/mol. The lowest BCUT2D eigenvalue weighted by Crippen LogP contribution is -2.40. The van der Waals surface area contributed by atoms with Crippen molar-refractivity contribution in [2.45, 2.75) is 38.1 Å². The molecule has 0 saturated heterocycles. The van der Waals surface area contributed by atoms with Crippen LogP contribution in [0.15, 0.2) is 53.7 Å². The maximum absolute atomic E-state index is 12.5. The highest BCUT2D eigenvalue weighted by Gasteiger charge is 2.22. The zero-order chi connectivity index (χ0) is 22.2. The lowest BCUT2D eigenvalue weighted by molar-refractivity contribution is -0.385. The molecule has 1 aliphatic rings. The van der Waals surface area contributed by atoms with Gasteiger partial charge in [-0.3, -0.25) is 19.7 Å². The van der Waals surface area contributed by atoms with Gasteiger partial charge in [0.05, 0.1) is 10.5 Å². The number of hydrogen-bond donors (Lipinski definition) is 0. The van der Waals surface area contributed by atoms with Gasteiger partial charge < -0.3 is 9.74 Å². The van der Waals surface area contributed by atoms with E-state index in [1.54, 1.807) is 24.1 Å². The van der Waals surface area contributed by atoms with Gasteiger partial charge in [0.2, 0.25) is 0 Å². The van der Waals surface area contributed by atoms with Crippen LogP contribution in [0.1, 0.15) is 53.6 Å². The molecule has 2 aromatic carbocycles. The molecule has 0 N–H and O–H groups in total. The van der Waals surface area contributed by atoms with E-state index in [9.17, 15) is 19.7 Å². The lowest BCUT2D eigenvalue weighted by Gasteiger charge is -2.30. The molecule has 8 nitrogen and oxygen atoms in total. The van der Waals surface area contributed by atoms with Crippen LogP contribution in [0, 0.1) is 10.1 Å². The van der Waals surface area contributed by atoms with Crippen LogP contribution in [0.2, 0.25) is 0 Å². The molecule has 3 rings (SSSR count). The van der Waals surface area contributed by atoms with Gasteiger partial charge in [0.15, 0.2) is 12.9 Å². The number of nitro groups is 1. The van der Waals surface area contributed by atoms with Gasteiger partial charge in [0.25, 0.3) is 11.6 Å². The molecule has 0 radical (unpaired) electrons. The van der Waals surface area contributed by atoms with E-state index >= 15 is 0 Å². The summed E-state index contributed by atoms with van der Waals surface area (Å²) in [5.74, 6) is -0.152. The first-order valence-electron chi connectivity index (χ1n) is 10.3. The molecule has 0 bridgehead atoms. The Kier molecular flexibility index (Phi) is 7.48. The maximum atomic E-state index is 12.5. The van der Waals surface area contributed by atoms with Crippen molar-refractivity contribution >= 4 is 23.6 Å². The first-order chi connectivity index (χ1) is 15.0. The van der Waals surface area contributed by atoms with Crippen molar-refractivity contribution in [2.24, 2.45) is 5.16 Å². The molecule has 0 atom stereocenters. The summed E-state index contributed by atoms with van der Waals surface area (Å²) in [5.41, 5.74) is 1.22. The van der Waals surface area contributed by atoms with Gasteiger partial charge in [-0.1, -0.05) is 54.8 Å². The Bertz CT molecular complexity index is 968. The van der Waals surface area contributed by atoms with E-state index in [-0.39, 0.29) is 29.8 Å². The number of rotatable bonds is 8. The normalized spacial score (nSPS) is 14.7. The van der Waals surface area contributed by atoms with Crippen LogP contribution in [0.5, 0.6) is 0 Å². The number of nitrogens with zero attached hydrogens (tertiary/aromatic N) is 3. The van der Waals surface area contributed by atoms with Crippen LogP contribution < -0.4 is 0 Å². The van der Waals surface area contributed by atoms with Crippen molar-refractivity contribution in [3.8, 4) is 0 Å². The zero-order valence-electron chi connectivity index (χ0n) is 17.4. The number of nitro benzene ring substituents is 1. The Hall–Kier alpha value is -3.55. The molecule has 1 aliphatic carbocycles. The second kappa shape index (κ2) is 10.5. The Labute approximate surface area is 180 Å². The summed E-state index contributed by atoms with van der Waals surface area (Å²) in [6.45, 7) is -0.211. The Balaban J connectivity index is 1.81. The molecule has 8 heteroatoms. The van der Waals surface area contributed by atoms with Gasteiger partial charge >= 0.3 is 0 Å². The average Bonchev–Trinajstić information content (AvgIpc) is 2.81. The molecule has 162 valence electrons.